The molecule has 0 aromatic heterocycles. The summed E-state index contributed by atoms with van der Waals surface area (Å²) < 4.78 is 30.2. The largest absolute Gasteiger partial charge is 0.465 e. The highest BCUT2D eigenvalue weighted by atomic mass is 35.5. The van der Waals surface area contributed by atoms with Crippen LogP contribution in [0, 0.1) is 11.6 Å². The van der Waals surface area contributed by atoms with Crippen molar-refractivity contribution in [2.24, 2.45) is 5.73 Å². The van der Waals surface area contributed by atoms with Gasteiger partial charge in [0.05, 0.1) is 12.1 Å². The van der Waals surface area contributed by atoms with Gasteiger partial charge in [-0.15, -0.1) is 0 Å². The molecule has 0 saturated heterocycles. The highest BCUT2D eigenvalue weighted by Crippen LogP contribution is 2.22. The number of benzene rings is 1. The molecule has 96 valence electrons. The normalized spacial score (nSPS) is 11.2. The van der Waals surface area contributed by atoms with Crippen molar-refractivity contribution in [3.05, 3.63) is 46.1 Å². The summed E-state index contributed by atoms with van der Waals surface area (Å²) in [5.41, 5.74) is 4.21. The minimum Gasteiger partial charge on any atom is -0.465 e. The molecule has 0 aliphatic heterocycles. The van der Waals surface area contributed by atoms with Gasteiger partial charge in [0.2, 0.25) is 5.78 Å². The van der Waals surface area contributed by atoms with Gasteiger partial charge >= 0.3 is 5.97 Å². The predicted octanol–water partition coefficient (Wildman–Crippen LogP) is 1.82. The lowest BCUT2D eigenvalue weighted by atomic mass is 10.0. The molecular weight excluding hydrogens is 268 g/mol. The molecule has 1 aromatic carbocycles. The van der Waals surface area contributed by atoms with E-state index in [-0.39, 0.29) is 10.6 Å². The first-order chi connectivity index (χ1) is 8.42. The van der Waals surface area contributed by atoms with E-state index in [9.17, 15) is 18.4 Å². The van der Waals surface area contributed by atoms with Crippen LogP contribution in [0.2, 0.25) is 5.02 Å². The molecular formula is C11H8ClF2NO3. The minimum absolute atomic E-state index is 0.331. The summed E-state index contributed by atoms with van der Waals surface area (Å²) in [4.78, 5) is 23.1. The molecule has 0 bridgehead atoms. The van der Waals surface area contributed by atoms with E-state index in [2.05, 4.69) is 4.74 Å². The summed E-state index contributed by atoms with van der Waals surface area (Å²) in [6.07, 6.45) is 0.714. The Morgan fingerprint density at radius 1 is 1.33 bits per heavy atom. The number of methoxy groups -OCH3 is 1. The van der Waals surface area contributed by atoms with E-state index in [0.29, 0.717) is 18.3 Å². The first-order valence-electron chi connectivity index (χ1n) is 4.61. The number of carbonyl (C=O) groups excluding carboxylic acids is 2. The number of rotatable bonds is 3. The van der Waals surface area contributed by atoms with Crippen LogP contribution in [-0.2, 0) is 9.53 Å². The summed E-state index contributed by atoms with van der Waals surface area (Å²) in [6, 6.07) is 1.22. The zero-order chi connectivity index (χ0) is 13.9. The van der Waals surface area contributed by atoms with Gasteiger partial charge in [-0.25, -0.2) is 13.6 Å². The minimum atomic E-state index is -1.26. The van der Waals surface area contributed by atoms with Crippen molar-refractivity contribution in [3.63, 3.8) is 0 Å². The number of hydrogen-bond acceptors (Lipinski definition) is 4. The zero-order valence-corrected chi connectivity index (χ0v) is 9.92. The molecule has 0 radical (unpaired) electrons. The molecule has 0 spiro atoms. The van der Waals surface area contributed by atoms with Gasteiger partial charge in [-0.1, -0.05) is 11.6 Å². The summed E-state index contributed by atoms with van der Waals surface area (Å²) >= 11 is 5.60. The van der Waals surface area contributed by atoms with Crippen molar-refractivity contribution in [3.8, 4) is 0 Å². The fourth-order valence-corrected chi connectivity index (χ4v) is 1.42. The first kappa shape index (κ1) is 14.1. The number of Topliss-reactive ketones (excluding diaryl/α,β-unsaturated/α-hetero) is 1. The molecule has 1 aromatic rings. The molecule has 0 saturated carbocycles. The Morgan fingerprint density at radius 2 is 1.89 bits per heavy atom. The van der Waals surface area contributed by atoms with E-state index in [1.54, 1.807) is 0 Å². The van der Waals surface area contributed by atoms with Gasteiger partial charge in [0.15, 0.2) is 11.6 Å². The van der Waals surface area contributed by atoms with Crippen molar-refractivity contribution in [1.82, 2.24) is 0 Å². The fraction of sp³-hybridized carbons (Fsp3) is 0.0909. The fourth-order valence-electron chi connectivity index (χ4n) is 1.19. The summed E-state index contributed by atoms with van der Waals surface area (Å²) in [7, 11) is 1.05. The number of esters is 1. The van der Waals surface area contributed by atoms with Crippen LogP contribution in [-0.4, -0.2) is 18.9 Å². The van der Waals surface area contributed by atoms with Crippen molar-refractivity contribution in [2.75, 3.05) is 7.11 Å². The second-order valence-corrected chi connectivity index (χ2v) is 3.55. The van der Waals surface area contributed by atoms with Gasteiger partial charge in [-0.05, 0) is 12.1 Å². The van der Waals surface area contributed by atoms with Crippen molar-refractivity contribution in [2.45, 2.75) is 0 Å². The van der Waals surface area contributed by atoms with Crippen LogP contribution in [0.3, 0.4) is 0 Å². The topological polar surface area (TPSA) is 69.4 Å². The Balaban J connectivity index is 3.27. The van der Waals surface area contributed by atoms with Gasteiger partial charge < -0.3 is 10.5 Å². The van der Waals surface area contributed by atoms with E-state index < -0.39 is 29.0 Å². The molecule has 1 rings (SSSR count). The van der Waals surface area contributed by atoms with E-state index in [1.807, 2.05) is 0 Å². The van der Waals surface area contributed by atoms with E-state index in [0.717, 1.165) is 7.11 Å². The SMILES string of the molecule is COC(=O)/C(=C/N)C(=O)c1cc(F)c(F)cc1Cl. The number of halogens is 3. The van der Waals surface area contributed by atoms with Gasteiger partial charge in [0, 0.05) is 11.8 Å². The standard InChI is InChI=1S/C11H8ClF2NO3/c1-18-11(17)6(4-15)10(16)5-2-8(13)9(14)3-7(5)12/h2-4H,15H2,1H3/b6-4+. The van der Waals surface area contributed by atoms with Gasteiger partial charge in [-0.2, -0.15) is 0 Å². The quantitative estimate of drug-likeness (QED) is 0.228. The zero-order valence-electron chi connectivity index (χ0n) is 9.17. The molecule has 0 atom stereocenters. The van der Waals surface area contributed by atoms with E-state index in [1.165, 1.54) is 0 Å². The monoisotopic (exact) mass is 275 g/mol. The molecule has 0 amide bonds. The van der Waals surface area contributed by atoms with Crippen molar-refractivity contribution < 1.29 is 23.1 Å². The smallest absolute Gasteiger partial charge is 0.343 e. The van der Waals surface area contributed by atoms with Crippen LogP contribution >= 0.6 is 11.6 Å². The Kier molecular flexibility index (Phi) is 4.38. The number of ether oxygens (including phenoxy) is 1. The highest BCUT2D eigenvalue weighted by Gasteiger charge is 2.23. The third-order valence-electron chi connectivity index (χ3n) is 2.07. The van der Waals surface area contributed by atoms with Crippen molar-refractivity contribution >= 4 is 23.4 Å². The molecule has 0 aliphatic carbocycles. The lowest BCUT2D eigenvalue weighted by Gasteiger charge is -2.06. The second kappa shape index (κ2) is 5.59. The molecule has 0 fully saturated rings. The Hall–Kier alpha value is -1.95. The van der Waals surface area contributed by atoms with Crippen LogP contribution in [0.15, 0.2) is 23.9 Å². The predicted molar refractivity (Wildman–Crippen MR) is 60.0 cm³/mol. The number of hydrogen-bond donors (Lipinski definition) is 1. The average Bonchev–Trinajstić information content (AvgIpc) is 2.34. The van der Waals surface area contributed by atoms with Gasteiger partial charge in [0.1, 0.15) is 5.57 Å². The molecule has 0 heterocycles. The maximum Gasteiger partial charge on any atom is 0.343 e. The molecule has 2 N–H and O–H groups in total. The maximum absolute atomic E-state index is 13.0. The van der Waals surface area contributed by atoms with Gasteiger partial charge in [0.25, 0.3) is 0 Å². The molecule has 7 heteroatoms. The Labute approximate surface area is 106 Å². The number of ketones is 1. The van der Waals surface area contributed by atoms with Gasteiger partial charge in [-0.3, -0.25) is 4.79 Å². The van der Waals surface area contributed by atoms with Crippen molar-refractivity contribution in [1.29, 1.82) is 0 Å². The summed E-state index contributed by atoms with van der Waals surface area (Å²) in [6.45, 7) is 0. The van der Waals surface area contributed by atoms with Crippen LogP contribution in [0.1, 0.15) is 10.4 Å². The average molecular weight is 276 g/mol. The highest BCUT2D eigenvalue weighted by molar-refractivity contribution is 6.36. The van der Waals surface area contributed by atoms with E-state index >= 15 is 0 Å². The lowest BCUT2D eigenvalue weighted by molar-refractivity contribution is -0.135. The first-order valence-corrected chi connectivity index (χ1v) is 4.99. The molecule has 0 aliphatic rings. The Morgan fingerprint density at radius 3 is 2.39 bits per heavy atom. The third kappa shape index (κ3) is 2.65. The second-order valence-electron chi connectivity index (χ2n) is 3.15. The van der Waals surface area contributed by atoms with E-state index in [4.69, 9.17) is 17.3 Å². The summed E-state index contributed by atoms with van der Waals surface area (Å²) in [5, 5.41) is -0.331. The molecule has 18 heavy (non-hydrogen) atoms. The van der Waals surface area contributed by atoms with Crippen LogP contribution < -0.4 is 5.73 Å². The van der Waals surface area contributed by atoms with Crippen LogP contribution in [0.4, 0.5) is 8.78 Å². The van der Waals surface area contributed by atoms with Crippen LogP contribution in [0.25, 0.3) is 0 Å². The molecule has 0 unspecified atom stereocenters. The molecule has 4 nitrogen and oxygen atoms in total. The maximum atomic E-state index is 13.0. The number of carbonyl (C=O) groups is 2. The lowest BCUT2D eigenvalue weighted by Crippen LogP contribution is -2.17. The summed E-state index contributed by atoms with van der Waals surface area (Å²) in [5.74, 6) is -4.41. The Bertz CT molecular complexity index is 543. The third-order valence-corrected chi connectivity index (χ3v) is 2.38. The van der Waals surface area contributed by atoms with Crippen LogP contribution in [0.5, 0.6) is 0 Å². The number of nitrogens with two attached hydrogens (primary N) is 1.